The largest absolute Gasteiger partial charge is 0.508 e. The van der Waals surface area contributed by atoms with Crippen molar-refractivity contribution >= 4 is 21.4 Å². The molecule has 0 fully saturated rings. The third-order valence-corrected chi connectivity index (χ3v) is 5.13. The molecule has 0 saturated carbocycles. The summed E-state index contributed by atoms with van der Waals surface area (Å²) < 4.78 is 27.5. The first-order valence-electron chi connectivity index (χ1n) is 7.03. The molecule has 5 heteroatoms. The lowest BCUT2D eigenvalue weighted by atomic mass is 10.3. The van der Waals surface area contributed by atoms with Gasteiger partial charge in [0.25, 0.3) is 10.0 Å². The fourth-order valence-corrected chi connectivity index (χ4v) is 3.77. The van der Waals surface area contributed by atoms with Crippen molar-refractivity contribution in [3.8, 4) is 5.75 Å². The van der Waals surface area contributed by atoms with Crippen LogP contribution in [0.15, 0.2) is 89.8 Å². The molecule has 4 nitrogen and oxygen atoms in total. The van der Waals surface area contributed by atoms with Crippen molar-refractivity contribution in [2.24, 2.45) is 0 Å². The number of aromatic hydroxyl groups is 1. The van der Waals surface area contributed by atoms with Gasteiger partial charge >= 0.3 is 0 Å². The monoisotopic (exact) mass is 325 g/mol. The average molecular weight is 325 g/mol. The van der Waals surface area contributed by atoms with Crippen LogP contribution < -0.4 is 4.31 Å². The zero-order valence-corrected chi connectivity index (χ0v) is 13.0. The normalized spacial score (nSPS) is 11.1. The molecule has 0 spiro atoms. The van der Waals surface area contributed by atoms with Crippen LogP contribution in [0.25, 0.3) is 0 Å². The van der Waals surface area contributed by atoms with Gasteiger partial charge in [0.1, 0.15) is 5.75 Å². The standard InChI is InChI=1S/C18H15NO3S/c20-17-11-13-18(14-12-17)23(21,22)19(15-7-3-1-4-8-15)16-9-5-2-6-10-16/h1-14,20H. The lowest BCUT2D eigenvalue weighted by Gasteiger charge is -2.24. The first-order valence-corrected chi connectivity index (χ1v) is 8.47. The summed E-state index contributed by atoms with van der Waals surface area (Å²) in [6, 6.07) is 23.3. The number of hydrogen-bond acceptors (Lipinski definition) is 3. The summed E-state index contributed by atoms with van der Waals surface area (Å²) in [6.45, 7) is 0. The van der Waals surface area contributed by atoms with E-state index in [0.717, 1.165) is 0 Å². The Bertz CT molecular complexity index is 837. The van der Waals surface area contributed by atoms with Crippen molar-refractivity contribution in [2.45, 2.75) is 4.90 Å². The molecule has 0 amide bonds. The predicted molar refractivity (Wildman–Crippen MR) is 90.3 cm³/mol. The Balaban J connectivity index is 2.17. The van der Waals surface area contributed by atoms with Gasteiger partial charge in [0, 0.05) is 0 Å². The van der Waals surface area contributed by atoms with Crippen LogP contribution in [0.1, 0.15) is 0 Å². The Morgan fingerprint density at radius 3 is 1.52 bits per heavy atom. The molecule has 3 aromatic rings. The van der Waals surface area contributed by atoms with Crippen LogP contribution >= 0.6 is 0 Å². The highest BCUT2D eigenvalue weighted by Gasteiger charge is 2.26. The molecule has 3 rings (SSSR count). The zero-order chi connectivity index (χ0) is 16.3. The maximum absolute atomic E-state index is 13.1. The van der Waals surface area contributed by atoms with Gasteiger partial charge in [-0.05, 0) is 48.5 Å². The molecule has 0 heterocycles. The lowest BCUT2D eigenvalue weighted by molar-refractivity contribution is 0.475. The number of rotatable bonds is 4. The van der Waals surface area contributed by atoms with E-state index in [0.29, 0.717) is 11.4 Å². The Hall–Kier alpha value is -2.79. The van der Waals surface area contributed by atoms with Gasteiger partial charge in [-0.2, -0.15) is 0 Å². The van der Waals surface area contributed by atoms with Crippen LogP contribution in [-0.4, -0.2) is 13.5 Å². The molecule has 0 radical (unpaired) electrons. The third kappa shape index (κ3) is 3.05. The van der Waals surface area contributed by atoms with E-state index in [4.69, 9.17) is 0 Å². The highest BCUT2D eigenvalue weighted by Crippen LogP contribution is 2.32. The number of para-hydroxylation sites is 2. The summed E-state index contributed by atoms with van der Waals surface area (Å²) in [5, 5.41) is 9.39. The van der Waals surface area contributed by atoms with Gasteiger partial charge in [0.05, 0.1) is 16.3 Å². The molecule has 0 bridgehead atoms. The number of hydrogen-bond donors (Lipinski definition) is 1. The first kappa shape index (κ1) is 15.1. The van der Waals surface area contributed by atoms with Crippen molar-refractivity contribution in [2.75, 3.05) is 4.31 Å². The van der Waals surface area contributed by atoms with E-state index in [9.17, 15) is 13.5 Å². The summed E-state index contributed by atoms with van der Waals surface area (Å²) in [5.74, 6) is 0.0231. The average Bonchev–Trinajstić information content (AvgIpc) is 2.57. The minimum atomic E-state index is -3.80. The van der Waals surface area contributed by atoms with Crippen LogP contribution in [-0.2, 0) is 10.0 Å². The van der Waals surface area contributed by atoms with Crippen molar-refractivity contribution in [1.29, 1.82) is 0 Å². The van der Waals surface area contributed by atoms with Crippen molar-refractivity contribution in [1.82, 2.24) is 0 Å². The quantitative estimate of drug-likeness (QED) is 0.791. The zero-order valence-electron chi connectivity index (χ0n) is 12.2. The van der Waals surface area contributed by atoms with E-state index < -0.39 is 10.0 Å². The van der Waals surface area contributed by atoms with Crippen molar-refractivity contribution in [3.63, 3.8) is 0 Å². The molecule has 0 aliphatic carbocycles. The van der Waals surface area contributed by atoms with Crippen molar-refractivity contribution < 1.29 is 13.5 Å². The highest BCUT2D eigenvalue weighted by atomic mass is 32.2. The number of phenols is 1. The van der Waals surface area contributed by atoms with E-state index in [1.165, 1.54) is 28.6 Å². The molecule has 0 atom stereocenters. The van der Waals surface area contributed by atoms with Crippen LogP contribution in [0, 0.1) is 0 Å². The third-order valence-electron chi connectivity index (χ3n) is 3.36. The Morgan fingerprint density at radius 2 is 1.09 bits per heavy atom. The Labute approximate surface area is 135 Å². The summed E-state index contributed by atoms with van der Waals surface area (Å²) in [7, 11) is -3.80. The minimum absolute atomic E-state index is 0.0231. The second-order valence-electron chi connectivity index (χ2n) is 4.93. The van der Waals surface area contributed by atoms with Crippen molar-refractivity contribution in [3.05, 3.63) is 84.9 Å². The van der Waals surface area contributed by atoms with Gasteiger partial charge in [-0.25, -0.2) is 12.7 Å². The summed E-state index contributed by atoms with van der Waals surface area (Å²) in [6.07, 6.45) is 0. The van der Waals surface area contributed by atoms with Gasteiger partial charge < -0.3 is 5.11 Å². The highest BCUT2D eigenvalue weighted by molar-refractivity contribution is 7.93. The second-order valence-corrected chi connectivity index (χ2v) is 6.72. The fourth-order valence-electron chi connectivity index (χ4n) is 2.28. The van der Waals surface area contributed by atoms with Gasteiger partial charge in [-0.3, -0.25) is 0 Å². The van der Waals surface area contributed by atoms with Crippen LogP contribution in [0.4, 0.5) is 11.4 Å². The van der Waals surface area contributed by atoms with E-state index in [-0.39, 0.29) is 10.6 Å². The molecule has 0 aliphatic rings. The number of phenolic OH excluding ortho intramolecular Hbond substituents is 1. The number of anilines is 2. The van der Waals surface area contributed by atoms with E-state index in [1.807, 2.05) is 12.1 Å². The Morgan fingerprint density at radius 1 is 0.652 bits per heavy atom. The summed E-state index contributed by atoms with van der Waals surface area (Å²) in [5.41, 5.74) is 1.10. The molecule has 0 saturated heterocycles. The molecule has 3 aromatic carbocycles. The lowest BCUT2D eigenvalue weighted by Crippen LogP contribution is -2.26. The van der Waals surface area contributed by atoms with Gasteiger partial charge in [-0.1, -0.05) is 36.4 Å². The summed E-state index contributed by atoms with van der Waals surface area (Å²) in [4.78, 5) is 0.114. The topological polar surface area (TPSA) is 57.6 Å². The SMILES string of the molecule is O=S(=O)(c1ccc(O)cc1)N(c1ccccc1)c1ccccc1. The predicted octanol–water partition coefficient (Wildman–Crippen LogP) is 3.92. The molecule has 0 aliphatic heterocycles. The molecular weight excluding hydrogens is 310 g/mol. The molecule has 0 aromatic heterocycles. The maximum atomic E-state index is 13.1. The number of benzene rings is 3. The van der Waals surface area contributed by atoms with Gasteiger partial charge in [0.15, 0.2) is 0 Å². The van der Waals surface area contributed by atoms with Crippen LogP contribution in [0.2, 0.25) is 0 Å². The van der Waals surface area contributed by atoms with Crippen LogP contribution in [0.3, 0.4) is 0 Å². The second kappa shape index (κ2) is 6.14. The van der Waals surface area contributed by atoms with E-state index in [1.54, 1.807) is 48.5 Å². The summed E-state index contributed by atoms with van der Waals surface area (Å²) >= 11 is 0. The fraction of sp³-hybridized carbons (Fsp3) is 0. The molecule has 1 N–H and O–H groups in total. The van der Waals surface area contributed by atoms with E-state index in [2.05, 4.69) is 0 Å². The smallest absolute Gasteiger partial charge is 0.268 e. The number of sulfonamides is 1. The molecule has 23 heavy (non-hydrogen) atoms. The molecule has 0 unspecified atom stereocenters. The maximum Gasteiger partial charge on any atom is 0.268 e. The first-order chi connectivity index (χ1) is 11.1. The minimum Gasteiger partial charge on any atom is -0.508 e. The molecule has 116 valence electrons. The van der Waals surface area contributed by atoms with Gasteiger partial charge in [0.2, 0.25) is 0 Å². The van der Waals surface area contributed by atoms with E-state index >= 15 is 0 Å². The number of nitrogens with zero attached hydrogens (tertiary/aromatic N) is 1. The molecular formula is C18H15NO3S. The Kier molecular flexibility index (Phi) is 4.04. The van der Waals surface area contributed by atoms with Crippen LogP contribution in [0.5, 0.6) is 5.75 Å². The van der Waals surface area contributed by atoms with Gasteiger partial charge in [-0.15, -0.1) is 0 Å².